The predicted octanol–water partition coefficient (Wildman–Crippen LogP) is 0.547. The first kappa shape index (κ1) is 12.8. The first-order chi connectivity index (χ1) is 9.78. The molecule has 4 rings (SSSR count). The maximum absolute atomic E-state index is 12.7. The summed E-state index contributed by atoms with van der Waals surface area (Å²) < 4.78 is 0. The molecule has 5 nitrogen and oxygen atoms in total. The summed E-state index contributed by atoms with van der Waals surface area (Å²) in [6.45, 7) is 3.91. The third-order valence-electron chi connectivity index (χ3n) is 5.45. The smallest absolute Gasteiger partial charge is 0.264 e. The average molecular weight is 286 g/mol. The lowest BCUT2D eigenvalue weighted by Crippen LogP contribution is -2.52. The summed E-state index contributed by atoms with van der Waals surface area (Å²) in [6.07, 6.45) is 0.697. The van der Waals surface area contributed by atoms with Crippen LogP contribution in [0.3, 0.4) is 0 Å². The summed E-state index contributed by atoms with van der Waals surface area (Å²) >= 11 is 0. The van der Waals surface area contributed by atoms with Crippen LogP contribution in [0.4, 0.5) is 5.69 Å². The third-order valence-corrected chi connectivity index (χ3v) is 5.45. The molecule has 0 bridgehead atoms. The lowest BCUT2D eigenvalue weighted by molar-refractivity contribution is -0.152. The zero-order valence-corrected chi connectivity index (χ0v) is 12.3. The van der Waals surface area contributed by atoms with Crippen molar-refractivity contribution in [3.8, 4) is 0 Å². The quantitative estimate of drug-likeness (QED) is 0.731. The maximum Gasteiger partial charge on any atom is 0.264 e. The Morgan fingerprint density at radius 2 is 2.05 bits per heavy atom. The van der Waals surface area contributed by atoms with Gasteiger partial charge in [-0.25, -0.2) is 0 Å². The third kappa shape index (κ3) is 1.26. The van der Waals surface area contributed by atoms with Crippen LogP contribution in [0.15, 0.2) is 18.2 Å². The van der Waals surface area contributed by atoms with E-state index >= 15 is 0 Å². The van der Waals surface area contributed by atoms with Crippen LogP contribution < -0.4 is 10.2 Å². The zero-order valence-electron chi connectivity index (χ0n) is 12.3. The lowest BCUT2D eigenvalue weighted by Gasteiger charge is -2.39. The van der Waals surface area contributed by atoms with Crippen LogP contribution in [0.2, 0.25) is 0 Å². The minimum atomic E-state index is -1.72. The number of aliphatic hydroxyl groups is 1. The Morgan fingerprint density at radius 3 is 2.76 bits per heavy atom. The molecule has 1 aromatic carbocycles. The SMILES string of the molecule is CN1C(=O)[C@@]2(O)c3c(cccc31)C[C@@H]1[C@H]2C(=O)NC1(C)C. The minimum Gasteiger partial charge on any atom is -0.375 e. The highest BCUT2D eigenvalue weighted by Gasteiger charge is 2.66. The lowest BCUT2D eigenvalue weighted by atomic mass is 9.63. The first-order valence-corrected chi connectivity index (χ1v) is 7.23. The van der Waals surface area contributed by atoms with E-state index in [0.29, 0.717) is 12.0 Å². The van der Waals surface area contributed by atoms with Crippen molar-refractivity contribution in [2.24, 2.45) is 11.8 Å². The number of likely N-dealkylation sites (N-methyl/N-ethyl adjacent to an activating group) is 1. The first-order valence-electron chi connectivity index (χ1n) is 7.23. The highest BCUT2D eigenvalue weighted by molar-refractivity contribution is 6.10. The molecule has 2 N–H and O–H groups in total. The molecule has 1 aromatic rings. The van der Waals surface area contributed by atoms with Crippen molar-refractivity contribution in [2.45, 2.75) is 31.4 Å². The van der Waals surface area contributed by atoms with E-state index in [1.807, 2.05) is 32.0 Å². The van der Waals surface area contributed by atoms with Gasteiger partial charge in [0.25, 0.3) is 5.91 Å². The van der Waals surface area contributed by atoms with Gasteiger partial charge in [0.15, 0.2) is 5.60 Å². The van der Waals surface area contributed by atoms with Gasteiger partial charge < -0.3 is 15.3 Å². The van der Waals surface area contributed by atoms with Gasteiger partial charge in [-0.15, -0.1) is 0 Å². The number of fused-ring (bicyclic) bond motifs is 2. The van der Waals surface area contributed by atoms with Crippen LogP contribution in [0.25, 0.3) is 0 Å². The van der Waals surface area contributed by atoms with Crippen molar-refractivity contribution < 1.29 is 14.7 Å². The number of amides is 2. The van der Waals surface area contributed by atoms with E-state index in [1.165, 1.54) is 4.90 Å². The molecule has 0 radical (unpaired) electrons. The van der Waals surface area contributed by atoms with Crippen molar-refractivity contribution >= 4 is 17.5 Å². The number of benzene rings is 1. The molecule has 2 amide bonds. The van der Waals surface area contributed by atoms with Gasteiger partial charge in [-0.05, 0) is 31.9 Å². The Hall–Kier alpha value is -1.88. The Labute approximate surface area is 122 Å². The van der Waals surface area contributed by atoms with Gasteiger partial charge in [-0.1, -0.05) is 12.1 Å². The summed E-state index contributed by atoms with van der Waals surface area (Å²) in [6, 6.07) is 5.68. The monoisotopic (exact) mass is 286 g/mol. The van der Waals surface area contributed by atoms with Gasteiger partial charge in [-0.2, -0.15) is 0 Å². The van der Waals surface area contributed by atoms with Crippen molar-refractivity contribution in [3.63, 3.8) is 0 Å². The molecular weight excluding hydrogens is 268 g/mol. The number of hydrogen-bond donors (Lipinski definition) is 2. The molecule has 1 saturated heterocycles. The molecule has 21 heavy (non-hydrogen) atoms. The van der Waals surface area contributed by atoms with Gasteiger partial charge in [0.2, 0.25) is 5.91 Å². The molecular formula is C16H18N2O3. The molecule has 3 aliphatic rings. The number of hydrogen-bond acceptors (Lipinski definition) is 3. The number of nitrogens with one attached hydrogen (secondary N) is 1. The summed E-state index contributed by atoms with van der Waals surface area (Å²) in [4.78, 5) is 26.6. The molecule has 2 heterocycles. The Kier molecular flexibility index (Phi) is 2.12. The normalized spacial score (nSPS) is 35.5. The van der Waals surface area contributed by atoms with E-state index in [2.05, 4.69) is 5.32 Å². The van der Waals surface area contributed by atoms with Crippen LogP contribution in [0.5, 0.6) is 0 Å². The fraction of sp³-hybridized carbons (Fsp3) is 0.500. The largest absolute Gasteiger partial charge is 0.375 e. The molecule has 1 aliphatic carbocycles. The summed E-state index contributed by atoms with van der Waals surface area (Å²) in [5.74, 6) is -1.42. The van der Waals surface area contributed by atoms with Crippen molar-refractivity contribution in [1.29, 1.82) is 0 Å². The Morgan fingerprint density at radius 1 is 1.33 bits per heavy atom. The van der Waals surface area contributed by atoms with E-state index in [9.17, 15) is 14.7 Å². The zero-order chi connectivity index (χ0) is 15.2. The Balaban J connectivity index is 2.03. The summed E-state index contributed by atoms with van der Waals surface area (Å²) in [7, 11) is 1.65. The van der Waals surface area contributed by atoms with Gasteiger partial charge in [0, 0.05) is 24.1 Å². The van der Waals surface area contributed by atoms with Crippen LogP contribution >= 0.6 is 0 Å². The molecule has 5 heteroatoms. The number of nitrogens with zero attached hydrogens (tertiary/aromatic N) is 1. The number of rotatable bonds is 0. The summed E-state index contributed by atoms with van der Waals surface area (Å²) in [5.41, 5.74) is 0.176. The topological polar surface area (TPSA) is 69.6 Å². The van der Waals surface area contributed by atoms with Gasteiger partial charge in [-0.3, -0.25) is 9.59 Å². The van der Waals surface area contributed by atoms with Crippen molar-refractivity contribution in [1.82, 2.24) is 5.32 Å². The fourth-order valence-electron chi connectivity index (χ4n) is 4.41. The molecule has 0 spiro atoms. The van der Waals surface area contributed by atoms with E-state index in [0.717, 1.165) is 11.3 Å². The van der Waals surface area contributed by atoms with Crippen molar-refractivity contribution in [3.05, 3.63) is 29.3 Å². The van der Waals surface area contributed by atoms with E-state index in [-0.39, 0.29) is 11.8 Å². The molecule has 0 aromatic heterocycles. The fourth-order valence-corrected chi connectivity index (χ4v) is 4.41. The van der Waals surface area contributed by atoms with Gasteiger partial charge in [0.1, 0.15) is 0 Å². The predicted molar refractivity (Wildman–Crippen MR) is 76.7 cm³/mol. The highest BCUT2D eigenvalue weighted by Crippen LogP contribution is 2.55. The number of carbonyl (C=O) groups is 2. The van der Waals surface area contributed by atoms with Crippen LogP contribution in [0.1, 0.15) is 25.0 Å². The molecule has 0 saturated carbocycles. The second-order valence-electron chi connectivity index (χ2n) is 6.94. The molecule has 3 atom stereocenters. The van der Waals surface area contributed by atoms with Crippen molar-refractivity contribution in [2.75, 3.05) is 11.9 Å². The number of anilines is 1. The second kappa shape index (κ2) is 3.47. The van der Waals surface area contributed by atoms with Gasteiger partial charge in [0.05, 0.1) is 11.6 Å². The summed E-state index contributed by atoms with van der Waals surface area (Å²) in [5, 5.41) is 14.2. The molecule has 2 aliphatic heterocycles. The second-order valence-corrected chi connectivity index (χ2v) is 6.94. The van der Waals surface area contributed by atoms with E-state index in [1.54, 1.807) is 7.05 Å². The molecule has 110 valence electrons. The standard InChI is InChI=1S/C16H18N2O3/c1-15(2)9-7-8-5-4-6-10-11(8)16(21,14(20)18(10)3)12(9)13(19)17-15/h4-6,9,12,21H,7H2,1-3H3,(H,17,19)/t9-,12+,16-/m1/s1. The number of carbonyl (C=O) groups excluding carboxylic acids is 2. The van der Waals surface area contributed by atoms with E-state index < -0.39 is 23.0 Å². The highest BCUT2D eigenvalue weighted by atomic mass is 16.3. The van der Waals surface area contributed by atoms with Crippen LogP contribution in [-0.2, 0) is 21.6 Å². The molecule has 0 unspecified atom stereocenters. The van der Waals surface area contributed by atoms with Crippen LogP contribution in [-0.4, -0.2) is 29.5 Å². The Bertz CT molecular complexity index is 697. The molecule has 1 fully saturated rings. The average Bonchev–Trinajstić information content (AvgIpc) is 2.76. The van der Waals surface area contributed by atoms with Gasteiger partial charge >= 0.3 is 0 Å². The van der Waals surface area contributed by atoms with E-state index in [4.69, 9.17) is 0 Å². The van der Waals surface area contributed by atoms with Crippen LogP contribution in [0, 0.1) is 11.8 Å². The maximum atomic E-state index is 12.7. The minimum absolute atomic E-state index is 0.0896.